The van der Waals surface area contributed by atoms with Crippen molar-refractivity contribution >= 4 is 39.5 Å². The highest BCUT2D eigenvalue weighted by atomic mass is 16.4. The van der Waals surface area contributed by atoms with Crippen molar-refractivity contribution in [1.29, 1.82) is 0 Å². The van der Waals surface area contributed by atoms with Gasteiger partial charge in [-0.15, -0.1) is 0 Å². The maximum atomic E-state index is 11.0. The number of nitrogens with one attached hydrogen (secondary N) is 1. The smallest absolute Gasteiger partial charge is 0.394 e. The lowest BCUT2D eigenvalue weighted by molar-refractivity contribution is -0.147. The van der Waals surface area contributed by atoms with E-state index in [9.17, 15) is 19.2 Å². The van der Waals surface area contributed by atoms with E-state index in [2.05, 4.69) is 5.32 Å². The topological polar surface area (TPSA) is 127 Å². The number of anilines is 1. The number of carboxylic acid groups (broad SMARTS) is 1. The van der Waals surface area contributed by atoms with E-state index in [-0.39, 0.29) is 16.9 Å². The van der Waals surface area contributed by atoms with Gasteiger partial charge in [0.1, 0.15) is 11.2 Å². The number of carbonyl (C=O) groups is 2. The van der Waals surface area contributed by atoms with Crippen molar-refractivity contribution in [2.24, 2.45) is 0 Å². The van der Waals surface area contributed by atoms with Gasteiger partial charge in [0, 0.05) is 22.9 Å². The maximum absolute atomic E-state index is 11.0. The lowest BCUT2D eigenvalue weighted by Gasteiger charge is -2.04. The minimum atomic E-state index is -1.58. The van der Waals surface area contributed by atoms with Gasteiger partial charge in [0.15, 0.2) is 0 Å². The van der Waals surface area contributed by atoms with Gasteiger partial charge in [0.25, 0.3) is 0 Å². The van der Waals surface area contributed by atoms with Crippen molar-refractivity contribution in [3.05, 3.63) is 87.6 Å². The van der Waals surface area contributed by atoms with E-state index < -0.39 is 17.5 Å². The molecule has 0 saturated heterocycles. The summed E-state index contributed by atoms with van der Waals surface area (Å²) in [7, 11) is 0. The van der Waals surface area contributed by atoms with Gasteiger partial charge in [0.2, 0.25) is 0 Å². The second-order valence-electron chi connectivity index (χ2n) is 5.52. The van der Waals surface area contributed by atoms with Crippen molar-refractivity contribution in [3.8, 4) is 0 Å². The summed E-state index contributed by atoms with van der Waals surface area (Å²) in [6.45, 7) is 0. The quantitative estimate of drug-likeness (QED) is 0.384. The molecule has 0 aliphatic carbocycles. The zero-order chi connectivity index (χ0) is 20.1. The Hall–Kier alpha value is -4.20. The average Bonchev–Trinajstić information content (AvgIpc) is 2.68. The van der Waals surface area contributed by atoms with Crippen molar-refractivity contribution in [1.82, 2.24) is 0 Å². The van der Waals surface area contributed by atoms with Crippen LogP contribution in [0.2, 0.25) is 0 Å². The molecule has 8 nitrogen and oxygen atoms in total. The number of rotatable bonds is 1. The van der Waals surface area contributed by atoms with Crippen LogP contribution in [0.25, 0.3) is 21.9 Å². The molecular weight excluding hydrogens is 366 g/mol. The molecule has 0 radical (unpaired) electrons. The first kappa shape index (κ1) is 18.6. The highest BCUT2D eigenvalue weighted by Crippen LogP contribution is 2.21. The Labute approximate surface area is 156 Å². The van der Waals surface area contributed by atoms with Gasteiger partial charge in [-0.25, -0.2) is 14.4 Å². The summed E-state index contributed by atoms with van der Waals surface area (Å²) >= 11 is 0. The first-order valence-electron chi connectivity index (χ1n) is 8.00. The number of hydrogen-bond acceptors (Lipinski definition) is 6. The summed E-state index contributed by atoms with van der Waals surface area (Å²) in [4.78, 5) is 43.1. The fourth-order valence-electron chi connectivity index (χ4n) is 2.39. The average molecular weight is 379 g/mol. The van der Waals surface area contributed by atoms with Gasteiger partial charge in [-0.1, -0.05) is 24.3 Å². The van der Waals surface area contributed by atoms with Crippen molar-refractivity contribution < 1.29 is 23.5 Å². The number of para-hydroxylation sites is 1. The molecule has 2 heterocycles. The van der Waals surface area contributed by atoms with Gasteiger partial charge in [-0.3, -0.25) is 4.79 Å². The number of carboxylic acids is 1. The number of fused-ring (bicyclic) bond motifs is 2. The molecule has 4 rings (SSSR count). The number of hydrogen-bond donors (Lipinski definition) is 2. The lowest BCUT2D eigenvalue weighted by atomic mass is 10.2. The van der Waals surface area contributed by atoms with E-state index in [0.29, 0.717) is 11.0 Å². The predicted octanol–water partition coefficient (Wildman–Crippen LogP) is 2.61. The van der Waals surface area contributed by atoms with Crippen molar-refractivity contribution in [2.45, 2.75) is 0 Å². The second kappa shape index (κ2) is 8.00. The fourth-order valence-corrected chi connectivity index (χ4v) is 2.39. The summed E-state index contributed by atoms with van der Waals surface area (Å²) in [5.41, 5.74) is 0.377. The third-order valence-electron chi connectivity index (χ3n) is 3.63. The summed E-state index contributed by atoms with van der Waals surface area (Å²) in [5, 5.41) is 12.1. The van der Waals surface area contributed by atoms with E-state index >= 15 is 0 Å². The standard InChI is InChI=1S/C11H7NO5.C9H6O2/c13-9-5-4-6-7(12-10(14)11(15)16)2-1-3-8(6)17-9;10-9-6-5-7-3-1-2-4-8(7)11-9/h1-5H,(H,12,14)(H,15,16);1-6H. The first-order chi connectivity index (χ1) is 13.4. The minimum Gasteiger partial charge on any atom is -0.474 e. The van der Waals surface area contributed by atoms with E-state index in [1.165, 1.54) is 24.3 Å². The molecule has 4 aromatic rings. The molecule has 0 fully saturated rings. The van der Waals surface area contributed by atoms with Crippen LogP contribution in [0.1, 0.15) is 0 Å². The SMILES string of the molecule is O=C(O)C(=O)Nc1cccc2oc(=O)ccc12.O=c1ccc2ccccc2o1. The monoisotopic (exact) mass is 379 g/mol. The fraction of sp³-hybridized carbons (Fsp3) is 0. The molecule has 1 amide bonds. The first-order valence-corrected chi connectivity index (χ1v) is 8.00. The Morgan fingerprint density at radius 1 is 0.750 bits per heavy atom. The Kier molecular flexibility index (Phi) is 5.31. The summed E-state index contributed by atoms with van der Waals surface area (Å²) in [6.07, 6.45) is 0. The van der Waals surface area contributed by atoms with E-state index in [1.807, 2.05) is 18.2 Å². The van der Waals surface area contributed by atoms with Gasteiger partial charge >= 0.3 is 23.1 Å². The lowest BCUT2D eigenvalue weighted by Crippen LogP contribution is -2.21. The van der Waals surface area contributed by atoms with Gasteiger partial charge in [0.05, 0.1) is 5.69 Å². The Morgan fingerprint density at radius 2 is 1.39 bits per heavy atom. The second-order valence-corrected chi connectivity index (χ2v) is 5.52. The van der Waals surface area contributed by atoms with Crippen LogP contribution in [0.5, 0.6) is 0 Å². The highest BCUT2D eigenvalue weighted by molar-refractivity contribution is 6.37. The molecule has 8 heteroatoms. The van der Waals surface area contributed by atoms with Crippen LogP contribution >= 0.6 is 0 Å². The Bertz CT molecular complexity index is 1290. The van der Waals surface area contributed by atoms with E-state index in [1.54, 1.807) is 24.3 Å². The van der Waals surface area contributed by atoms with Crippen LogP contribution in [0.3, 0.4) is 0 Å². The molecule has 28 heavy (non-hydrogen) atoms. The minimum absolute atomic E-state index is 0.277. The van der Waals surface area contributed by atoms with Crippen LogP contribution in [-0.4, -0.2) is 17.0 Å². The van der Waals surface area contributed by atoms with Gasteiger partial charge in [-0.05, 0) is 30.3 Å². The zero-order valence-electron chi connectivity index (χ0n) is 14.2. The molecule has 0 spiro atoms. The third-order valence-corrected chi connectivity index (χ3v) is 3.63. The molecule has 2 N–H and O–H groups in total. The molecule has 2 aromatic heterocycles. The summed E-state index contributed by atoms with van der Waals surface area (Å²) < 4.78 is 9.80. The summed E-state index contributed by atoms with van der Waals surface area (Å²) in [6, 6.07) is 17.8. The maximum Gasteiger partial charge on any atom is 0.394 e. The number of carbonyl (C=O) groups excluding carboxylic acids is 1. The van der Waals surface area contributed by atoms with Gasteiger partial charge in [-0.2, -0.15) is 0 Å². The molecule has 0 aliphatic rings. The predicted molar refractivity (Wildman–Crippen MR) is 101 cm³/mol. The zero-order valence-corrected chi connectivity index (χ0v) is 14.2. The van der Waals surface area contributed by atoms with Crippen LogP contribution in [0.15, 0.2) is 85.2 Å². The molecule has 140 valence electrons. The number of amides is 1. The molecule has 0 bridgehead atoms. The molecule has 0 atom stereocenters. The van der Waals surface area contributed by atoms with Crippen LogP contribution in [0, 0.1) is 0 Å². The largest absolute Gasteiger partial charge is 0.474 e. The van der Waals surface area contributed by atoms with E-state index in [0.717, 1.165) is 5.39 Å². The van der Waals surface area contributed by atoms with Crippen LogP contribution in [0.4, 0.5) is 5.69 Å². The normalized spacial score (nSPS) is 10.1. The molecule has 0 unspecified atom stereocenters. The molecule has 0 saturated carbocycles. The Morgan fingerprint density at radius 3 is 2.14 bits per heavy atom. The van der Waals surface area contributed by atoms with Crippen molar-refractivity contribution in [2.75, 3.05) is 5.32 Å². The summed E-state index contributed by atoms with van der Waals surface area (Å²) in [5.74, 6) is -2.73. The highest BCUT2D eigenvalue weighted by Gasteiger charge is 2.13. The Balaban J connectivity index is 0.000000176. The molecular formula is C20H13NO7. The van der Waals surface area contributed by atoms with Crippen LogP contribution < -0.4 is 16.6 Å². The molecule has 2 aromatic carbocycles. The van der Waals surface area contributed by atoms with Crippen LogP contribution in [-0.2, 0) is 9.59 Å². The van der Waals surface area contributed by atoms with Crippen molar-refractivity contribution in [3.63, 3.8) is 0 Å². The third kappa shape index (κ3) is 4.31. The van der Waals surface area contributed by atoms with E-state index in [4.69, 9.17) is 13.9 Å². The van der Waals surface area contributed by atoms with Gasteiger partial charge < -0.3 is 19.3 Å². The number of benzene rings is 2. The molecule has 0 aliphatic heterocycles. The number of aliphatic carboxylic acids is 1.